The topological polar surface area (TPSA) is 92.1 Å². The highest BCUT2D eigenvalue weighted by Crippen LogP contribution is 2.40. The predicted octanol–water partition coefficient (Wildman–Crippen LogP) is 3.38. The molecule has 27 heavy (non-hydrogen) atoms. The molecule has 1 aliphatic rings. The highest BCUT2D eigenvalue weighted by atomic mass is 32.2. The molecule has 142 valence electrons. The van der Waals surface area contributed by atoms with Crippen molar-refractivity contribution in [2.24, 2.45) is 0 Å². The molecule has 4 rings (SSSR count). The van der Waals surface area contributed by atoms with Gasteiger partial charge in [0.15, 0.2) is 0 Å². The Morgan fingerprint density at radius 3 is 2.56 bits per heavy atom. The monoisotopic (exact) mass is 386 g/mol. The molecule has 0 atom stereocenters. The van der Waals surface area contributed by atoms with E-state index in [1.807, 2.05) is 30.3 Å². The number of benzene rings is 1. The van der Waals surface area contributed by atoms with E-state index in [2.05, 4.69) is 15.2 Å². The zero-order chi connectivity index (χ0) is 19.2. The molecule has 0 bridgehead atoms. The van der Waals surface area contributed by atoms with Gasteiger partial charge in [0, 0.05) is 25.2 Å². The van der Waals surface area contributed by atoms with Crippen molar-refractivity contribution in [3.05, 3.63) is 53.0 Å². The summed E-state index contributed by atoms with van der Waals surface area (Å²) in [6.45, 7) is 3.82. The SMILES string of the molecule is Cc1[nH]c(-c2nnc(C3CC3)o2)c(C)c1S(=O)(=O)N(C)Cc1ccccc1. The van der Waals surface area contributed by atoms with Gasteiger partial charge in [0.1, 0.15) is 10.6 Å². The first kappa shape index (κ1) is 17.9. The summed E-state index contributed by atoms with van der Waals surface area (Å²) in [5.41, 5.74) is 2.66. The number of nitrogens with one attached hydrogen (secondary N) is 1. The highest BCUT2D eigenvalue weighted by Gasteiger charge is 2.32. The Morgan fingerprint density at radius 2 is 1.89 bits per heavy atom. The Bertz CT molecular complexity index is 1070. The van der Waals surface area contributed by atoms with Crippen LogP contribution >= 0.6 is 0 Å². The molecule has 1 N–H and O–H groups in total. The number of aryl methyl sites for hydroxylation is 1. The molecule has 2 heterocycles. The summed E-state index contributed by atoms with van der Waals surface area (Å²) >= 11 is 0. The van der Waals surface area contributed by atoms with Crippen LogP contribution in [0, 0.1) is 13.8 Å². The normalized spacial score (nSPS) is 14.8. The third-order valence-electron chi connectivity index (χ3n) is 4.87. The van der Waals surface area contributed by atoms with Crippen molar-refractivity contribution < 1.29 is 12.8 Å². The number of nitrogens with zero attached hydrogens (tertiary/aromatic N) is 3. The van der Waals surface area contributed by atoms with Crippen molar-refractivity contribution in [3.8, 4) is 11.6 Å². The average Bonchev–Trinajstić information content (AvgIpc) is 3.29. The maximum atomic E-state index is 13.2. The van der Waals surface area contributed by atoms with E-state index in [1.165, 1.54) is 4.31 Å². The maximum Gasteiger partial charge on any atom is 0.264 e. The van der Waals surface area contributed by atoms with Gasteiger partial charge in [0.2, 0.25) is 15.9 Å². The van der Waals surface area contributed by atoms with Crippen LogP contribution in [0.5, 0.6) is 0 Å². The van der Waals surface area contributed by atoms with E-state index in [-0.39, 0.29) is 4.90 Å². The quantitative estimate of drug-likeness (QED) is 0.701. The molecule has 0 amide bonds. The Kier molecular flexibility index (Phi) is 4.39. The Morgan fingerprint density at radius 1 is 1.19 bits per heavy atom. The van der Waals surface area contributed by atoms with E-state index in [0.29, 0.717) is 41.2 Å². The molecular formula is C19H22N4O3S. The molecule has 1 aliphatic carbocycles. The molecular weight excluding hydrogens is 364 g/mol. The van der Waals surface area contributed by atoms with Crippen molar-refractivity contribution in [2.75, 3.05) is 7.05 Å². The van der Waals surface area contributed by atoms with E-state index in [1.54, 1.807) is 20.9 Å². The first-order chi connectivity index (χ1) is 12.9. The van der Waals surface area contributed by atoms with Gasteiger partial charge in [-0.05, 0) is 37.8 Å². The van der Waals surface area contributed by atoms with Gasteiger partial charge in [-0.1, -0.05) is 30.3 Å². The number of rotatable bonds is 6. The van der Waals surface area contributed by atoms with Crippen molar-refractivity contribution in [1.82, 2.24) is 19.5 Å². The lowest BCUT2D eigenvalue weighted by molar-refractivity contribution is 0.466. The average molecular weight is 386 g/mol. The molecule has 0 radical (unpaired) electrons. The fourth-order valence-corrected chi connectivity index (χ4v) is 4.80. The van der Waals surface area contributed by atoms with Gasteiger partial charge in [-0.15, -0.1) is 10.2 Å². The number of aromatic nitrogens is 3. The fraction of sp³-hybridized carbons (Fsp3) is 0.368. The third kappa shape index (κ3) is 3.30. The van der Waals surface area contributed by atoms with Gasteiger partial charge in [0.05, 0.1) is 0 Å². The molecule has 2 aromatic heterocycles. The Labute approximate surface area is 158 Å². The van der Waals surface area contributed by atoms with E-state index >= 15 is 0 Å². The van der Waals surface area contributed by atoms with Crippen LogP contribution in [-0.2, 0) is 16.6 Å². The first-order valence-electron chi connectivity index (χ1n) is 8.91. The van der Waals surface area contributed by atoms with E-state index in [0.717, 1.165) is 18.4 Å². The van der Waals surface area contributed by atoms with Gasteiger partial charge in [-0.2, -0.15) is 4.31 Å². The fourth-order valence-electron chi connectivity index (χ4n) is 3.25. The molecule has 0 spiro atoms. The van der Waals surface area contributed by atoms with E-state index in [4.69, 9.17) is 4.42 Å². The van der Waals surface area contributed by atoms with E-state index < -0.39 is 10.0 Å². The van der Waals surface area contributed by atoms with Crippen LogP contribution in [0.25, 0.3) is 11.6 Å². The number of aromatic amines is 1. The van der Waals surface area contributed by atoms with Crippen molar-refractivity contribution in [1.29, 1.82) is 0 Å². The van der Waals surface area contributed by atoms with Gasteiger partial charge >= 0.3 is 0 Å². The number of hydrogen-bond acceptors (Lipinski definition) is 5. The lowest BCUT2D eigenvalue weighted by atomic mass is 10.2. The molecule has 1 aromatic carbocycles. The van der Waals surface area contributed by atoms with Crippen molar-refractivity contribution >= 4 is 10.0 Å². The molecule has 1 fully saturated rings. The van der Waals surface area contributed by atoms with Crippen LogP contribution < -0.4 is 0 Å². The Balaban J connectivity index is 1.67. The lowest BCUT2D eigenvalue weighted by Gasteiger charge is -2.18. The third-order valence-corrected chi connectivity index (χ3v) is 6.94. The van der Waals surface area contributed by atoms with Gasteiger partial charge < -0.3 is 9.40 Å². The van der Waals surface area contributed by atoms with Crippen LogP contribution in [0.1, 0.15) is 41.5 Å². The lowest BCUT2D eigenvalue weighted by Crippen LogP contribution is -2.27. The summed E-state index contributed by atoms with van der Waals surface area (Å²) in [6, 6.07) is 9.52. The smallest absolute Gasteiger partial charge is 0.264 e. The summed E-state index contributed by atoms with van der Waals surface area (Å²) < 4.78 is 33.5. The van der Waals surface area contributed by atoms with Gasteiger partial charge in [-0.25, -0.2) is 8.42 Å². The summed E-state index contributed by atoms with van der Waals surface area (Å²) in [7, 11) is -2.08. The second-order valence-electron chi connectivity index (χ2n) is 7.05. The largest absolute Gasteiger partial charge is 0.419 e. The van der Waals surface area contributed by atoms with Gasteiger partial charge in [-0.3, -0.25) is 0 Å². The van der Waals surface area contributed by atoms with Crippen LogP contribution in [0.4, 0.5) is 0 Å². The Hall–Kier alpha value is -2.45. The van der Waals surface area contributed by atoms with Crippen LogP contribution in [0.3, 0.4) is 0 Å². The van der Waals surface area contributed by atoms with E-state index in [9.17, 15) is 8.42 Å². The summed E-state index contributed by atoms with van der Waals surface area (Å²) in [6.07, 6.45) is 2.13. The molecule has 7 nitrogen and oxygen atoms in total. The minimum absolute atomic E-state index is 0.266. The van der Waals surface area contributed by atoms with Crippen molar-refractivity contribution in [2.45, 2.75) is 44.0 Å². The van der Waals surface area contributed by atoms with Crippen LogP contribution in [0.15, 0.2) is 39.6 Å². The molecule has 0 unspecified atom stereocenters. The van der Waals surface area contributed by atoms with Gasteiger partial charge in [0.25, 0.3) is 5.89 Å². The second kappa shape index (κ2) is 6.61. The number of hydrogen-bond donors (Lipinski definition) is 1. The minimum Gasteiger partial charge on any atom is -0.419 e. The molecule has 3 aromatic rings. The van der Waals surface area contributed by atoms with Crippen LogP contribution in [0.2, 0.25) is 0 Å². The summed E-state index contributed by atoms with van der Waals surface area (Å²) in [4.78, 5) is 3.39. The van der Waals surface area contributed by atoms with Crippen molar-refractivity contribution in [3.63, 3.8) is 0 Å². The molecule has 1 saturated carbocycles. The zero-order valence-corrected chi connectivity index (χ0v) is 16.4. The maximum absolute atomic E-state index is 13.2. The summed E-state index contributed by atoms with van der Waals surface area (Å²) in [5, 5.41) is 8.19. The zero-order valence-electron chi connectivity index (χ0n) is 15.6. The van der Waals surface area contributed by atoms with Crippen LogP contribution in [-0.4, -0.2) is 35.0 Å². The first-order valence-corrected chi connectivity index (χ1v) is 10.3. The number of H-pyrrole nitrogens is 1. The molecule has 8 heteroatoms. The molecule has 0 aliphatic heterocycles. The standard InChI is InChI=1S/C19H22N4O3S/c1-12-16(19-22-21-18(26-19)15-9-10-15)20-13(2)17(12)27(24,25)23(3)11-14-7-5-4-6-8-14/h4-8,15,20H,9-11H2,1-3H3. The number of sulfonamides is 1. The highest BCUT2D eigenvalue weighted by molar-refractivity contribution is 7.89. The summed E-state index contributed by atoms with van der Waals surface area (Å²) in [5.74, 6) is 1.31. The molecule has 0 saturated heterocycles. The predicted molar refractivity (Wildman–Crippen MR) is 101 cm³/mol. The second-order valence-corrected chi connectivity index (χ2v) is 9.03. The minimum atomic E-state index is -3.67.